The van der Waals surface area contributed by atoms with Gasteiger partial charge in [0.25, 0.3) is 0 Å². The zero-order valence-corrected chi connectivity index (χ0v) is 23.1. The molecule has 0 fully saturated rings. The Hall–Kier alpha value is -3.72. The molecule has 2 atom stereocenters. The molecule has 2 heterocycles. The molecule has 2 aromatic rings. The second-order valence-electron chi connectivity index (χ2n) is 9.09. The smallest absolute Gasteiger partial charge is 0.338 e. The number of methoxy groups -OCH3 is 2. The minimum Gasteiger partial charge on any atom is -0.493 e. The van der Waals surface area contributed by atoms with Gasteiger partial charge in [0.15, 0.2) is 16.7 Å². The number of fused-ring (bicyclic) bond motifs is 1. The predicted molar refractivity (Wildman–Crippen MR) is 149 cm³/mol. The van der Waals surface area contributed by atoms with E-state index in [9.17, 15) is 9.59 Å². The summed E-state index contributed by atoms with van der Waals surface area (Å²) in [7, 11) is 3.14. The van der Waals surface area contributed by atoms with E-state index in [4.69, 9.17) is 19.2 Å². The maximum Gasteiger partial charge on any atom is 0.338 e. The highest BCUT2D eigenvalue weighted by Gasteiger charge is 2.42. The lowest BCUT2D eigenvalue weighted by Crippen LogP contribution is -2.39. The van der Waals surface area contributed by atoms with Crippen molar-refractivity contribution in [3.63, 3.8) is 0 Å². The number of esters is 1. The molecule has 2 aromatic carbocycles. The first-order chi connectivity index (χ1) is 18.4. The fraction of sp³-hybridized carbons (Fsp3) is 0.345. The van der Waals surface area contributed by atoms with Crippen molar-refractivity contribution in [2.45, 2.75) is 52.3 Å². The first kappa shape index (κ1) is 27.3. The van der Waals surface area contributed by atoms with E-state index in [0.717, 1.165) is 17.7 Å². The third kappa shape index (κ3) is 5.72. The molecular formula is C29H33N3O5S. The maximum atomic E-state index is 13.7. The molecule has 0 saturated carbocycles. The molecule has 38 heavy (non-hydrogen) atoms. The van der Waals surface area contributed by atoms with Gasteiger partial charge in [0.1, 0.15) is 6.61 Å². The van der Waals surface area contributed by atoms with Crippen LogP contribution in [0.4, 0.5) is 0 Å². The van der Waals surface area contributed by atoms with Gasteiger partial charge in [0, 0.05) is 17.3 Å². The molecule has 2 aliphatic rings. The van der Waals surface area contributed by atoms with Crippen LogP contribution in [0.15, 0.2) is 75.9 Å². The lowest BCUT2D eigenvalue weighted by molar-refractivity contribution is -0.141. The van der Waals surface area contributed by atoms with Gasteiger partial charge in [-0.3, -0.25) is 4.79 Å². The average Bonchev–Trinajstić information content (AvgIpc) is 3.32. The van der Waals surface area contributed by atoms with Crippen LogP contribution < -0.4 is 14.8 Å². The Labute approximate surface area is 227 Å². The number of carbonyl (C=O) groups excluding carboxylic acids is 2. The van der Waals surface area contributed by atoms with Gasteiger partial charge in [-0.15, -0.1) is 0 Å². The first-order valence-electron chi connectivity index (χ1n) is 12.5. The number of hydrogen-bond acceptors (Lipinski definition) is 8. The van der Waals surface area contributed by atoms with Crippen LogP contribution in [0.25, 0.3) is 0 Å². The summed E-state index contributed by atoms with van der Waals surface area (Å²) >= 11 is 1.43. The van der Waals surface area contributed by atoms with Crippen molar-refractivity contribution in [3.05, 3.63) is 82.0 Å². The van der Waals surface area contributed by atoms with E-state index in [2.05, 4.69) is 5.32 Å². The maximum absolute atomic E-state index is 13.7. The highest BCUT2D eigenvalue weighted by molar-refractivity contribution is 8.16. The Morgan fingerprint density at radius 1 is 1.11 bits per heavy atom. The van der Waals surface area contributed by atoms with Gasteiger partial charge in [0.2, 0.25) is 5.91 Å². The number of rotatable bonds is 10. The minimum atomic E-state index is -0.631. The number of hydrogen-bond donors (Lipinski definition) is 1. The van der Waals surface area contributed by atoms with E-state index < -0.39 is 12.0 Å². The van der Waals surface area contributed by atoms with Crippen LogP contribution in [-0.4, -0.2) is 42.2 Å². The molecule has 0 bridgehead atoms. The third-order valence-electron chi connectivity index (χ3n) is 6.52. The highest BCUT2D eigenvalue weighted by atomic mass is 32.2. The van der Waals surface area contributed by atoms with Crippen LogP contribution in [0.1, 0.15) is 50.8 Å². The second kappa shape index (κ2) is 12.2. The van der Waals surface area contributed by atoms with Crippen molar-refractivity contribution in [2.24, 2.45) is 4.99 Å². The molecule has 0 unspecified atom stereocenters. The summed E-state index contributed by atoms with van der Waals surface area (Å²) in [6, 6.07) is 14.5. The number of nitrogens with zero attached hydrogens (tertiary/aromatic N) is 2. The van der Waals surface area contributed by atoms with Crippen LogP contribution in [0.2, 0.25) is 0 Å². The standard InChI is InChI=1S/C29H33N3O5S/c1-6-18(2)30-24(33)15-21-17-38-29-31-19(3)25(28(34)37-16-20-11-8-7-9-12-20)26(32(21)29)22-13-10-14-23(35-4)27(22)36-5/h7-14,17-18,26H,6,15-16H2,1-5H3,(H,30,33)/t18-,26+/m0/s1. The Bertz CT molecular complexity index is 1290. The van der Waals surface area contributed by atoms with E-state index >= 15 is 0 Å². The topological polar surface area (TPSA) is 89.5 Å². The molecule has 2 aliphatic heterocycles. The fourth-order valence-corrected chi connectivity index (χ4v) is 5.41. The van der Waals surface area contributed by atoms with Gasteiger partial charge in [-0.25, -0.2) is 9.79 Å². The van der Waals surface area contributed by atoms with Crippen LogP contribution in [0, 0.1) is 0 Å². The van der Waals surface area contributed by atoms with Crippen LogP contribution in [-0.2, 0) is 20.9 Å². The van der Waals surface area contributed by atoms with Crippen LogP contribution in [0.5, 0.6) is 11.5 Å². The predicted octanol–water partition coefficient (Wildman–Crippen LogP) is 5.33. The second-order valence-corrected chi connectivity index (χ2v) is 9.93. The molecule has 0 aromatic heterocycles. The van der Waals surface area contributed by atoms with E-state index in [1.165, 1.54) is 11.8 Å². The lowest BCUT2D eigenvalue weighted by atomic mass is 9.92. The largest absolute Gasteiger partial charge is 0.493 e. The summed E-state index contributed by atoms with van der Waals surface area (Å²) in [5.74, 6) is 0.464. The number of nitrogens with one attached hydrogen (secondary N) is 1. The zero-order chi connectivity index (χ0) is 27.2. The molecule has 9 heteroatoms. The van der Waals surface area contributed by atoms with Crippen LogP contribution >= 0.6 is 11.8 Å². The van der Waals surface area contributed by atoms with Gasteiger partial charge in [0.05, 0.1) is 38.0 Å². The van der Waals surface area contributed by atoms with Crippen LogP contribution in [0.3, 0.4) is 0 Å². The van der Waals surface area contributed by atoms with Crippen molar-refractivity contribution in [1.82, 2.24) is 10.2 Å². The number of amidine groups is 1. The highest BCUT2D eigenvalue weighted by Crippen LogP contribution is 2.48. The number of allylic oxidation sites excluding steroid dienone is 1. The molecule has 200 valence electrons. The number of amides is 1. The van der Waals surface area contributed by atoms with E-state index in [-0.39, 0.29) is 25.0 Å². The molecule has 1 amide bonds. The Kier molecular flexibility index (Phi) is 8.78. The van der Waals surface area contributed by atoms with E-state index in [0.29, 0.717) is 33.5 Å². The molecule has 0 spiro atoms. The van der Waals surface area contributed by atoms with Crippen molar-refractivity contribution < 1.29 is 23.8 Å². The SMILES string of the molecule is CC[C@H](C)NC(=O)CC1=CSC2=NC(C)=C(C(=O)OCc3ccccc3)[C@@H](c3cccc(OC)c3OC)N12. The Balaban J connectivity index is 1.75. The summed E-state index contributed by atoms with van der Waals surface area (Å²) < 4.78 is 17.1. The third-order valence-corrected chi connectivity index (χ3v) is 7.41. The van der Waals surface area contributed by atoms with Crippen molar-refractivity contribution >= 4 is 28.8 Å². The van der Waals surface area contributed by atoms with Crippen molar-refractivity contribution in [1.29, 1.82) is 0 Å². The molecule has 0 saturated heterocycles. The molecular weight excluding hydrogens is 502 g/mol. The van der Waals surface area contributed by atoms with Crippen molar-refractivity contribution in [2.75, 3.05) is 14.2 Å². The normalized spacial score (nSPS) is 17.3. The summed E-state index contributed by atoms with van der Waals surface area (Å²) in [4.78, 5) is 33.2. The monoisotopic (exact) mass is 535 g/mol. The summed E-state index contributed by atoms with van der Waals surface area (Å²) in [5, 5.41) is 5.63. The fourth-order valence-electron chi connectivity index (χ4n) is 4.45. The quantitative estimate of drug-likeness (QED) is 0.412. The number of para-hydroxylation sites is 1. The molecule has 1 N–H and O–H groups in total. The first-order valence-corrected chi connectivity index (χ1v) is 13.4. The summed E-state index contributed by atoms with van der Waals surface area (Å²) in [6.45, 7) is 5.93. The minimum absolute atomic E-state index is 0.0617. The zero-order valence-electron chi connectivity index (χ0n) is 22.3. The van der Waals surface area contributed by atoms with Gasteiger partial charge >= 0.3 is 5.97 Å². The van der Waals surface area contributed by atoms with Gasteiger partial charge in [-0.2, -0.15) is 0 Å². The molecule has 4 rings (SSSR count). The lowest BCUT2D eigenvalue weighted by Gasteiger charge is -2.37. The van der Waals surface area contributed by atoms with Gasteiger partial charge < -0.3 is 24.4 Å². The molecule has 0 aliphatic carbocycles. The summed E-state index contributed by atoms with van der Waals surface area (Å²) in [5.41, 5.74) is 3.27. The van der Waals surface area contributed by atoms with E-state index in [1.54, 1.807) is 27.2 Å². The summed E-state index contributed by atoms with van der Waals surface area (Å²) in [6.07, 6.45) is 0.976. The Morgan fingerprint density at radius 2 is 1.87 bits per heavy atom. The number of thioether (sulfide) groups is 1. The van der Waals surface area contributed by atoms with Crippen molar-refractivity contribution in [3.8, 4) is 11.5 Å². The molecule has 0 radical (unpaired) electrons. The van der Waals surface area contributed by atoms with Gasteiger partial charge in [-0.1, -0.05) is 61.2 Å². The number of carbonyl (C=O) groups is 2. The number of ether oxygens (including phenoxy) is 3. The number of benzene rings is 2. The number of aliphatic imine (C=N–C) groups is 1. The van der Waals surface area contributed by atoms with E-state index in [1.807, 2.05) is 66.6 Å². The average molecular weight is 536 g/mol. The molecule has 8 nitrogen and oxygen atoms in total. The van der Waals surface area contributed by atoms with Gasteiger partial charge in [-0.05, 0) is 37.3 Å². The Morgan fingerprint density at radius 3 is 2.55 bits per heavy atom.